The summed E-state index contributed by atoms with van der Waals surface area (Å²) in [6.45, 7) is 7.18. The fourth-order valence-electron chi connectivity index (χ4n) is 3.50. The van der Waals surface area contributed by atoms with Crippen LogP contribution < -0.4 is 5.32 Å². The molecule has 21 heavy (non-hydrogen) atoms. The molecule has 0 aromatic carbocycles. The molecule has 2 nitrogen and oxygen atoms in total. The minimum Gasteiger partial charge on any atom is -0.311 e. The van der Waals surface area contributed by atoms with Gasteiger partial charge in [-0.25, -0.2) is 0 Å². The van der Waals surface area contributed by atoms with E-state index in [0.717, 1.165) is 12.1 Å². The Bertz CT molecular complexity index is 230. The Morgan fingerprint density at radius 3 is 2.38 bits per heavy atom. The average Bonchev–Trinajstić information content (AvgIpc) is 2.69. The molecule has 1 aliphatic rings. The lowest BCUT2D eigenvalue weighted by atomic mass is 9.99. The van der Waals surface area contributed by atoms with E-state index in [1.54, 1.807) is 0 Å². The first kappa shape index (κ1) is 19.0. The molecule has 0 aromatic heterocycles. The highest BCUT2D eigenvalue weighted by molar-refractivity contribution is 4.78. The van der Waals surface area contributed by atoms with Crippen molar-refractivity contribution in [3.05, 3.63) is 0 Å². The molecular formula is C19H40N2. The van der Waals surface area contributed by atoms with Gasteiger partial charge in [-0.2, -0.15) is 0 Å². The van der Waals surface area contributed by atoms with Gasteiger partial charge in [0.05, 0.1) is 0 Å². The normalized spacial score (nSPS) is 22.1. The molecule has 2 heteroatoms. The smallest absolute Gasteiger partial charge is 0.00823 e. The van der Waals surface area contributed by atoms with Gasteiger partial charge < -0.3 is 10.2 Å². The third kappa shape index (κ3) is 9.52. The van der Waals surface area contributed by atoms with Crippen LogP contribution >= 0.6 is 0 Å². The number of hydrogen-bond donors (Lipinski definition) is 1. The molecule has 1 saturated heterocycles. The number of nitrogens with zero attached hydrogens (tertiary/aromatic N) is 1. The fourth-order valence-corrected chi connectivity index (χ4v) is 3.50. The van der Waals surface area contributed by atoms with Crippen molar-refractivity contribution in [1.29, 1.82) is 0 Å². The largest absolute Gasteiger partial charge is 0.311 e. The van der Waals surface area contributed by atoms with Crippen molar-refractivity contribution in [2.24, 2.45) is 0 Å². The standard InChI is InChI=1S/C19H40N2/c1-4-6-8-9-10-13-18(12-7-5-2)20-19-14-11-16-21(3)17-15-19/h18-20H,4-17H2,1-3H3. The van der Waals surface area contributed by atoms with Crippen LogP contribution in [0, 0.1) is 0 Å². The second kappa shape index (κ2) is 12.5. The van der Waals surface area contributed by atoms with Gasteiger partial charge in [-0.15, -0.1) is 0 Å². The van der Waals surface area contributed by atoms with Crippen LogP contribution in [0.5, 0.6) is 0 Å². The van der Waals surface area contributed by atoms with Crippen molar-refractivity contribution in [1.82, 2.24) is 10.2 Å². The summed E-state index contributed by atoms with van der Waals surface area (Å²) in [6.07, 6.45) is 16.7. The van der Waals surface area contributed by atoms with Crippen molar-refractivity contribution in [2.45, 2.75) is 103 Å². The number of unbranched alkanes of at least 4 members (excludes halogenated alkanes) is 5. The molecule has 1 aliphatic heterocycles. The van der Waals surface area contributed by atoms with E-state index < -0.39 is 0 Å². The molecule has 1 N–H and O–H groups in total. The Hall–Kier alpha value is -0.0800. The molecule has 0 radical (unpaired) electrons. The molecule has 2 atom stereocenters. The van der Waals surface area contributed by atoms with Crippen molar-refractivity contribution < 1.29 is 0 Å². The van der Waals surface area contributed by atoms with Crippen molar-refractivity contribution in [2.75, 3.05) is 20.1 Å². The van der Waals surface area contributed by atoms with Crippen LogP contribution in [0.2, 0.25) is 0 Å². The lowest BCUT2D eigenvalue weighted by Crippen LogP contribution is -2.39. The van der Waals surface area contributed by atoms with Crippen LogP contribution in [-0.4, -0.2) is 37.1 Å². The monoisotopic (exact) mass is 296 g/mol. The number of nitrogens with one attached hydrogen (secondary N) is 1. The average molecular weight is 297 g/mol. The molecule has 0 aromatic rings. The van der Waals surface area contributed by atoms with E-state index in [1.807, 2.05) is 0 Å². The Balaban J connectivity index is 2.26. The maximum atomic E-state index is 4.02. The zero-order valence-corrected chi connectivity index (χ0v) is 15.0. The molecule has 0 bridgehead atoms. The van der Waals surface area contributed by atoms with E-state index >= 15 is 0 Å². The summed E-state index contributed by atoms with van der Waals surface area (Å²) in [5.74, 6) is 0. The first-order chi connectivity index (χ1) is 10.3. The maximum absolute atomic E-state index is 4.02. The molecule has 1 heterocycles. The summed E-state index contributed by atoms with van der Waals surface area (Å²) in [7, 11) is 2.27. The minimum atomic E-state index is 0.771. The van der Waals surface area contributed by atoms with Gasteiger partial charge in [0.2, 0.25) is 0 Å². The Morgan fingerprint density at radius 1 is 0.905 bits per heavy atom. The van der Waals surface area contributed by atoms with Gasteiger partial charge in [0.15, 0.2) is 0 Å². The Kier molecular flexibility index (Phi) is 11.3. The van der Waals surface area contributed by atoms with E-state index in [2.05, 4.69) is 31.1 Å². The first-order valence-corrected chi connectivity index (χ1v) is 9.70. The third-order valence-electron chi connectivity index (χ3n) is 4.99. The van der Waals surface area contributed by atoms with E-state index in [9.17, 15) is 0 Å². The summed E-state index contributed by atoms with van der Waals surface area (Å²) in [5.41, 5.74) is 0. The maximum Gasteiger partial charge on any atom is 0.00823 e. The molecular weight excluding hydrogens is 256 g/mol. The van der Waals surface area contributed by atoms with Crippen molar-refractivity contribution >= 4 is 0 Å². The molecule has 2 unspecified atom stereocenters. The zero-order valence-electron chi connectivity index (χ0n) is 15.0. The highest BCUT2D eigenvalue weighted by Gasteiger charge is 2.18. The van der Waals surface area contributed by atoms with Crippen LogP contribution in [0.1, 0.15) is 90.9 Å². The summed E-state index contributed by atoms with van der Waals surface area (Å²) in [5, 5.41) is 4.02. The van der Waals surface area contributed by atoms with Crippen LogP contribution in [-0.2, 0) is 0 Å². The molecule has 1 fully saturated rings. The third-order valence-corrected chi connectivity index (χ3v) is 4.99. The van der Waals surface area contributed by atoms with Crippen molar-refractivity contribution in [3.63, 3.8) is 0 Å². The van der Waals surface area contributed by atoms with Crippen LogP contribution in [0.3, 0.4) is 0 Å². The van der Waals surface area contributed by atoms with Gasteiger partial charge in [-0.3, -0.25) is 0 Å². The lowest BCUT2D eigenvalue weighted by molar-refractivity contribution is 0.327. The molecule has 1 rings (SSSR count). The molecule has 0 saturated carbocycles. The predicted molar refractivity (Wildman–Crippen MR) is 95.0 cm³/mol. The highest BCUT2D eigenvalue weighted by atomic mass is 15.1. The molecule has 0 amide bonds. The van der Waals surface area contributed by atoms with Crippen LogP contribution in [0.25, 0.3) is 0 Å². The second-order valence-corrected chi connectivity index (χ2v) is 7.14. The van der Waals surface area contributed by atoms with Gasteiger partial charge in [-0.05, 0) is 52.2 Å². The van der Waals surface area contributed by atoms with Crippen LogP contribution in [0.4, 0.5) is 0 Å². The Labute approximate surface area is 134 Å². The summed E-state index contributed by atoms with van der Waals surface area (Å²) in [4.78, 5) is 2.49. The summed E-state index contributed by atoms with van der Waals surface area (Å²) < 4.78 is 0. The number of likely N-dealkylation sites (tertiary alicyclic amines) is 1. The number of hydrogen-bond acceptors (Lipinski definition) is 2. The fraction of sp³-hybridized carbons (Fsp3) is 1.00. The van der Waals surface area contributed by atoms with E-state index in [1.165, 1.54) is 90.1 Å². The van der Waals surface area contributed by atoms with Gasteiger partial charge >= 0.3 is 0 Å². The van der Waals surface area contributed by atoms with E-state index in [0.29, 0.717) is 0 Å². The van der Waals surface area contributed by atoms with E-state index in [-0.39, 0.29) is 0 Å². The van der Waals surface area contributed by atoms with Gasteiger partial charge in [-0.1, -0.05) is 58.8 Å². The molecule has 126 valence electrons. The van der Waals surface area contributed by atoms with E-state index in [4.69, 9.17) is 0 Å². The first-order valence-electron chi connectivity index (χ1n) is 9.70. The quantitative estimate of drug-likeness (QED) is 0.541. The van der Waals surface area contributed by atoms with Crippen LogP contribution in [0.15, 0.2) is 0 Å². The minimum absolute atomic E-state index is 0.771. The summed E-state index contributed by atoms with van der Waals surface area (Å²) in [6, 6.07) is 1.55. The van der Waals surface area contributed by atoms with Gasteiger partial charge in [0.25, 0.3) is 0 Å². The topological polar surface area (TPSA) is 15.3 Å². The highest BCUT2D eigenvalue weighted by Crippen LogP contribution is 2.16. The Morgan fingerprint density at radius 2 is 1.62 bits per heavy atom. The summed E-state index contributed by atoms with van der Waals surface area (Å²) >= 11 is 0. The second-order valence-electron chi connectivity index (χ2n) is 7.14. The van der Waals surface area contributed by atoms with Crippen molar-refractivity contribution in [3.8, 4) is 0 Å². The SMILES string of the molecule is CCCCCCCC(CCCC)NC1CCCN(C)CC1. The lowest BCUT2D eigenvalue weighted by Gasteiger charge is -2.25. The predicted octanol–water partition coefficient (Wildman–Crippen LogP) is 4.98. The van der Waals surface area contributed by atoms with Gasteiger partial charge in [0, 0.05) is 12.1 Å². The van der Waals surface area contributed by atoms with Gasteiger partial charge in [0.1, 0.15) is 0 Å². The zero-order chi connectivity index (χ0) is 15.3. The molecule has 0 aliphatic carbocycles. The molecule has 0 spiro atoms. The number of rotatable bonds is 11.